The minimum absolute atomic E-state index is 0.235. The summed E-state index contributed by atoms with van der Waals surface area (Å²) in [4.78, 5) is 5.81. The Kier molecular flexibility index (Phi) is 6.09. The molecule has 8 heteroatoms. The average molecular weight is 474 g/mol. The number of benzene rings is 3. The van der Waals surface area contributed by atoms with Crippen LogP contribution in [0.3, 0.4) is 0 Å². The van der Waals surface area contributed by atoms with Crippen LogP contribution < -0.4 is 4.74 Å². The SMILES string of the molecule is CS(=O)(=O)c1ccc(-c2nc(COc3cccc(Cl)c3)sc2-c2ccc(F)cc2)cc1. The molecule has 4 nitrogen and oxygen atoms in total. The summed E-state index contributed by atoms with van der Waals surface area (Å²) >= 11 is 7.44. The third-order valence-electron chi connectivity index (χ3n) is 4.49. The van der Waals surface area contributed by atoms with Crippen molar-refractivity contribution in [1.29, 1.82) is 0 Å². The molecule has 0 saturated heterocycles. The van der Waals surface area contributed by atoms with Crippen molar-refractivity contribution in [3.05, 3.63) is 88.6 Å². The Labute approximate surface area is 188 Å². The van der Waals surface area contributed by atoms with E-state index in [0.717, 1.165) is 21.0 Å². The Hall–Kier alpha value is -2.74. The standard InChI is InChI=1S/C23H17ClFNO3S2/c1-31(27,28)20-11-7-15(8-12-20)22-23(16-5-9-18(25)10-6-16)30-21(26-22)14-29-19-4-2-3-17(24)13-19/h2-13H,14H2,1H3. The molecule has 0 aliphatic carbocycles. The highest BCUT2D eigenvalue weighted by atomic mass is 35.5. The Balaban J connectivity index is 1.71. The monoisotopic (exact) mass is 473 g/mol. The molecule has 4 aromatic rings. The molecule has 0 spiro atoms. The predicted octanol–water partition coefficient (Wildman–Crippen LogP) is 6.25. The largest absolute Gasteiger partial charge is 0.486 e. The van der Waals surface area contributed by atoms with Crippen LogP contribution in [0.5, 0.6) is 5.75 Å². The van der Waals surface area contributed by atoms with Gasteiger partial charge in [-0.3, -0.25) is 0 Å². The zero-order valence-electron chi connectivity index (χ0n) is 16.4. The molecule has 0 aliphatic heterocycles. The van der Waals surface area contributed by atoms with E-state index in [1.54, 1.807) is 54.6 Å². The summed E-state index contributed by atoms with van der Waals surface area (Å²) in [6, 6.07) is 19.8. The minimum Gasteiger partial charge on any atom is -0.486 e. The minimum atomic E-state index is -3.30. The van der Waals surface area contributed by atoms with E-state index >= 15 is 0 Å². The number of sulfone groups is 1. The Morgan fingerprint density at radius 1 is 1.00 bits per heavy atom. The van der Waals surface area contributed by atoms with Crippen LogP contribution in [0.15, 0.2) is 77.7 Å². The second-order valence-electron chi connectivity index (χ2n) is 6.83. The molecule has 0 atom stereocenters. The highest BCUT2D eigenvalue weighted by molar-refractivity contribution is 7.90. The van der Waals surface area contributed by atoms with Gasteiger partial charge in [-0.15, -0.1) is 11.3 Å². The quantitative estimate of drug-likeness (QED) is 0.332. The molecule has 0 N–H and O–H groups in total. The molecule has 31 heavy (non-hydrogen) atoms. The molecule has 0 saturated carbocycles. The van der Waals surface area contributed by atoms with E-state index in [1.165, 1.54) is 29.7 Å². The number of thiazole rings is 1. The van der Waals surface area contributed by atoms with Gasteiger partial charge in [-0.25, -0.2) is 17.8 Å². The second-order valence-corrected chi connectivity index (χ2v) is 10.4. The van der Waals surface area contributed by atoms with Crippen LogP contribution in [0, 0.1) is 5.82 Å². The van der Waals surface area contributed by atoms with E-state index in [4.69, 9.17) is 21.3 Å². The van der Waals surface area contributed by atoms with Gasteiger partial charge >= 0.3 is 0 Å². The van der Waals surface area contributed by atoms with E-state index in [2.05, 4.69) is 0 Å². The van der Waals surface area contributed by atoms with Gasteiger partial charge in [0.2, 0.25) is 0 Å². The van der Waals surface area contributed by atoms with Crippen molar-refractivity contribution in [2.45, 2.75) is 11.5 Å². The maximum Gasteiger partial charge on any atom is 0.175 e. The first-order valence-corrected chi connectivity index (χ1v) is 12.3. The van der Waals surface area contributed by atoms with Crippen LogP contribution in [0.2, 0.25) is 5.02 Å². The Morgan fingerprint density at radius 3 is 2.32 bits per heavy atom. The second kappa shape index (κ2) is 8.78. The highest BCUT2D eigenvalue weighted by Crippen LogP contribution is 2.37. The Bertz CT molecular complexity index is 1320. The van der Waals surface area contributed by atoms with E-state index in [-0.39, 0.29) is 17.3 Å². The fourth-order valence-electron chi connectivity index (χ4n) is 2.98. The van der Waals surface area contributed by atoms with Crippen LogP contribution >= 0.6 is 22.9 Å². The number of halogens is 2. The van der Waals surface area contributed by atoms with Gasteiger partial charge in [-0.1, -0.05) is 41.9 Å². The van der Waals surface area contributed by atoms with Crippen molar-refractivity contribution in [1.82, 2.24) is 4.98 Å². The predicted molar refractivity (Wildman–Crippen MR) is 122 cm³/mol. The van der Waals surface area contributed by atoms with Crippen LogP contribution in [0.4, 0.5) is 4.39 Å². The van der Waals surface area contributed by atoms with E-state index < -0.39 is 9.84 Å². The van der Waals surface area contributed by atoms with Crippen LogP contribution in [0.1, 0.15) is 5.01 Å². The first-order chi connectivity index (χ1) is 14.8. The number of nitrogens with zero attached hydrogens (tertiary/aromatic N) is 1. The molecule has 1 aromatic heterocycles. The summed E-state index contributed by atoms with van der Waals surface area (Å²) < 4.78 is 42.8. The van der Waals surface area contributed by atoms with Crippen molar-refractivity contribution in [3.8, 4) is 27.4 Å². The molecule has 0 amide bonds. The first-order valence-electron chi connectivity index (χ1n) is 9.24. The number of hydrogen-bond acceptors (Lipinski definition) is 5. The van der Waals surface area contributed by atoms with Crippen LogP contribution in [0.25, 0.3) is 21.7 Å². The maximum absolute atomic E-state index is 13.4. The lowest BCUT2D eigenvalue weighted by atomic mass is 10.1. The number of aromatic nitrogens is 1. The normalized spacial score (nSPS) is 11.5. The van der Waals surface area contributed by atoms with Gasteiger partial charge in [0.1, 0.15) is 23.2 Å². The third kappa shape index (κ3) is 5.12. The van der Waals surface area contributed by atoms with Gasteiger partial charge < -0.3 is 4.74 Å². The van der Waals surface area contributed by atoms with Gasteiger partial charge in [-0.2, -0.15) is 0 Å². The van der Waals surface area contributed by atoms with Gasteiger partial charge in [0, 0.05) is 16.8 Å². The molecule has 0 unspecified atom stereocenters. The highest BCUT2D eigenvalue weighted by Gasteiger charge is 2.17. The number of hydrogen-bond donors (Lipinski definition) is 0. The van der Waals surface area contributed by atoms with Crippen molar-refractivity contribution in [2.75, 3.05) is 6.26 Å². The first kappa shape index (κ1) is 21.5. The lowest BCUT2D eigenvalue weighted by Crippen LogP contribution is -1.96. The van der Waals surface area contributed by atoms with E-state index in [1.807, 2.05) is 6.07 Å². The van der Waals surface area contributed by atoms with E-state index in [9.17, 15) is 12.8 Å². The van der Waals surface area contributed by atoms with E-state index in [0.29, 0.717) is 16.5 Å². The van der Waals surface area contributed by atoms with Crippen molar-refractivity contribution >= 4 is 32.8 Å². The Morgan fingerprint density at radius 2 is 1.68 bits per heavy atom. The molecule has 0 aliphatic rings. The molecular formula is C23H17ClFNO3S2. The van der Waals surface area contributed by atoms with Crippen LogP contribution in [-0.4, -0.2) is 19.7 Å². The van der Waals surface area contributed by atoms with Crippen molar-refractivity contribution in [2.24, 2.45) is 0 Å². The summed E-state index contributed by atoms with van der Waals surface area (Å²) in [5.41, 5.74) is 2.26. The van der Waals surface area contributed by atoms with Gasteiger partial charge in [0.05, 0.1) is 15.5 Å². The number of rotatable bonds is 6. The fraction of sp³-hybridized carbons (Fsp3) is 0.0870. The van der Waals surface area contributed by atoms with Crippen molar-refractivity contribution < 1.29 is 17.5 Å². The smallest absolute Gasteiger partial charge is 0.175 e. The average Bonchev–Trinajstić information content (AvgIpc) is 3.17. The summed E-state index contributed by atoms with van der Waals surface area (Å²) in [5.74, 6) is 0.307. The summed E-state index contributed by atoms with van der Waals surface area (Å²) in [7, 11) is -3.30. The topological polar surface area (TPSA) is 56.3 Å². The summed E-state index contributed by atoms with van der Waals surface area (Å²) in [6.45, 7) is 0.237. The molecular weight excluding hydrogens is 457 g/mol. The summed E-state index contributed by atoms with van der Waals surface area (Å²) in [5, 5.41) is 1.30. The zero-order valence-corrected chi connectivity index (χ0v) is 18.8. The van der Waals surface area contributed by atoms with Crippen LogP contribution in [-0.2, 0) is 16.4 Å². The van der Waals surface area contributed by atoms with Gasteiger partial charge in [-0.05, 0) is 48.0 Å². The molecule has 1 heterocycles. The molecule has 0 radical (unpaired) electrons. The lowest BCUT2D eigenvalue weighted by Gasteiger charge is -2.04. The zero-order chi connectivity index (χ0) is 22.0. The number of ether oxygens (including phenoxy) is 1. The molecule has 3 aromatic carbocycles. The lowest BCUT2D eigenvalue weighted by molar-refractivity contribution is 0.305. The maximum atomic E-state index is 13.4. The van der Waals surface area contributed by atoms with Gasteiger partial charge in [0.15, 0.2) is 9.84 Å². The van der Waals surface area contributed by atoms with Gasteiger partial charge in [0.25, 0.3) is 0 Å². The molecule has 0 bridgehead atoms. The summed E-state index contributed by atoms with van der Waals surface area (Å²) in [6.07, 6.45) is 1.17. The molecule has 4 rings (SSSR count). The fourth-order valence-corrected chi connectivity index (χ4v) is 4.80. The molecule has 0 fully saturated rings. The molecule has 158 valence electrons. The van der Waals surface area contributed by atoms with Crippen molar-refractivity contribution in [3.63, 3.8) is 0 Å². The third-order valence-corrected chi connectivity index (χ3v) is 6.93.